The van der Waals surface area contributed by atoms with Gasteiger partial charge in [-0.25, -0.2) is 4.79 Å². The van der Waals surface area contributed by atoms with Crippen LogP contribution in [-0.2, 0) is 15.1 Å². The van der Waals surface area contributed by atoms with Gasteiger partial charge in [0.2, 0.25) is 0 Å². The van der Waals surface area contributed by atoms with E-state index in [1.54, 1.807) is 7.11 Å². The van der Waals surface area contributed by atoms with Crippen LogP contribution in [0.1, 0.15) is 11.1 Å². The van der Waals surface area contributed by atoms with Gasteiger partial charge in [0.05, 0.1) is 20.3 Å². The molecule has 1 aliphatic heterocycles. The fourth-order valence-corrected chi connectivity index (χ4v) is 1.87. The van der Waals surface area contributed by atoms with Crippen molar-refractivity contribution in [2.45, 2.75) is 12.5 Å². The van der Waals surface area contributed by atoms with Gasteiger partial charge in [-0.15, -0.1) is 0 Å². The lowest BCUT2D eigenvalue weighted by atomic mass is 9.91. The monoisotopic (exact) mass is 237 g/mol. The highest BCUT2D eigenvalue weighted by Gasteiger charge is 2.44. The normalized spacial score (nSPS) is 17.1. The van der Waals surface area contributed by atoms with Crippen molar-refractivity contribution in [3.05, 3.63) is 29.3 Å². The van der Waals surface area contributed by atoms with Gasteiger partial charge >= 0.3 is 6.09 Å². The Morgan fingerprint density at radius 2 is 2.18 bits per heavy atom. The molecule has 92 valence electrons. The molecular formula is C12H15NO4. The molecule has 17 heavy (non-hydrogen) atoms. The van der Waals surface area contributed by atoms with Crippen LogP contribution < -0.4 is 10.5 Å². The number of rotatable bonds is 3. The topological polar surface area (TPSA) is 70.8 Å². The van der Waals surface area contributed by atoms with E-state index < -0.39 is 11.7 Å². The molecule has 1 aliphatic rings. The molecule has 0 atom stereocenters. The summed E-state index contributed by atoms with van der Waals surface area (Å²) < 4.78 is 15.5. The van der Waals surface area contributed by atoms with Crippen LogP contribution in [0, 0.1) is 6.92 Å². The van der Waals surface area contributed by atoms with Crippen LogP contribution in [0.15, 0.2) is 18.2 Å². The van der Waals surface area contributed by atoms with E-state index in [-0.39, 0.29) is 0 Å². The van der Waals surface area contributed by atoms with Gasteiger partial charge in [-0.2, -0.15) is 0 Å². The van der Waals surface area contributed by atoms with E-state index in [2.05, 4.69) is 0 Å². The van der Waals surface area contributed by atoms with Crippen molar-refractivity contribution in [3.8, 4) is 5.75 Å². The second-order valence-electron chi connectivity index (χ2n) is 4.09. The zero-order chi connectivity index (χ0) is 12.5. The van der Waals surface area contributed by atoms with Gasteiger partial charge in [0.1, 0.15) is 5.75 Å². The average Bonchev–Trinajstić information content (AvgIpc) is 2.24. The number of primary amides is 1. The average molecular weight is 237 g/mol. The summed E-state index contributed by atoms with van der Waals surface area (Å²) in [6.07, 6.45) is -0.798. The summed E-state index contributed by atoms with van der Waals surface area (Å²) in [5.41, 5.74) is 6.18. The molecule has 0 aromatic heterocycles. The minimum absolute atomic E-state index is 0.322. The molecule has 0 spiro atoms. The van der Waals surface area contributed by atoms with E-state index in [1.165, 1.54) is 0 Å². The van der Waals surface area contributed by atoms with Crippen molar-refractivity contribution in [2.75, 3.05) is 20.3 Å². The lowest BCUT2D eigenvalue weighted by Gasteiger charge is -2.40. The number of carbonyl (C=O) groups excluding carboxylic acids is 1. The van der Waals surface area contributed by atoms with E-state index in [4.69, 9.17) is 19.9 Å². The first-order valence-corrected chi connectivity index (χ1v) is 5.29. The number of benzene rings is 1. The number of carbonyl (C=O) groups is 1. The predicted octanol–water partition coefficient (Wildman–Crippen LogP) is 1.32. The zero-order valence-electron chi connectivity index (χ0n) is 9.86. The van der Waals surface area contributed by atoms with Crippen molar-refractivity contribution in [3.63, 3.8) is 0 Å². The van der Waals surface area contributed by atoms with Gasteiger partial charge in [-0.05, 0) is 18.6 Å². The number of hydrogen-bond acceptors (Lipinski definition) is 4. The fraction of sp³-hybridized carbons (Fsp3) is 0.417. The first-order valence-electron chi connectivity index (χ1n) is 5.29. The van der Waals surface area contributed by atoms with Gasteiger partial charge in [0, 0.05) is 5.56 Å². The van der Waals surface area contributed by atoms with Crippen LogP contribution >= 0.6 is 0 Å². The second kappa shape index (κ2) is 4.25. The van der Waals surface area contributed by atoms with Crippen molar-refractivity contribution in [2.24, 2.45) is 5.73 Å². The lowest BCUT2D eigenvalue weighted by Crippen LogP contribution is -2.51. The van der Waals surface area contributed by atoms with Crippen molar-refractivity contribution >= 4 is 6.09 Å². The molecule has 1 fully saturated rings. The van der Waals surface area contributed by atoms with Crippen LogP contribution in [0.2, 0.25) is 0 Å². The molecule has 5 heteroatoms. The van der Waals surface area contributed by atoms with Crippen molar-refractivity contribution in [1.29, 1.82) is 0 Å². The Morgan fingerprint density at radius 3 is 2.65 bits per heavy atom. The minimum Gasteiger partial charge on any atom is -0.496 e. The summed E-state index contributed by atoms with van der Waals surface area (Å²) in [5, 5.41) is 0. The molecule has 0 unspecified atom stereocenters. The molecule has 2 N–H and O–H groups in total. The smallest absolute Gasteiger partial charge is 0.405 e. The standard InChI is InChI=1S/C12H15NO4/c1-8-3-4-9(5-10(8)15-2)12(6-16-7-12)17-11(13)14/h3-5H,6-7H2,1-2H3,(H2,13,14). The number of aryl methyl sites for hydroxylation is 1. The van der Waals surface area contributed by atoms with E-state index in [0.29, 0.717) is 13.2 Å². The van der Waals surface area contributed by atoms with E-state index in [1.807, 2.05) is 25.1 Å². The Balaban J connectivity index is 2.34. The van der Waals surface area contributed by atoms with Gasteiger partial charge in [-0.1, -0.05) is 12.1 Å². The molecule has 0 bridgehead atoms. The van der Waals surface area contributed by atoms with Gasteiger partial charge < -0.3 is 19.9 Å². The van der Waals surface area contributed by atoms with E-state index in [0.717, 1.165) is 16.9 Å². The molecule has 1 amide bonds. The molecule has 2 rings (SSSR count). The van der Waals surface area contributed by atoms with E-state index in [9.17, 15) is 4.79 Å². The molecule has 5 nitrogen and oxygen atoms in total. The summed E-state index contributed by atoms with van der Waals surface area (Å²) in [4.78, 5) is 10.9. The Hall–Kier alpha value is -1.75. The number of hydrogen-bond donors (Lipinski definition) is 1. The Bertz CT molecular complexity index is 440. The number of methoxy groups -OCH3 is 1. The van der Waals surface area contributed by atoms with Crippen LogP contribution in [0.25, 0.3) is 0 Å². The maximum absolute atomic E-state index is 10.9. The molecule has 1 aromatic carbocycles. The van der Waals surface area contributed by atoms with Crippen molar-refractivity contribution < 1.29 is 19.0 Å². The molecule has 0 saturated carbocycles. The first-order chi connectivity index (χ1) is 8.07. The Morgan fingerprint density at radius 1 is 1.47 bits per heavy atom. The third-order valence-corrected chi connectivity index (χ3v) is 2.90. The zero-order valence-corrected chi connectivity index (χ0v) is 9.86. The highest BCUT2D eigenvalue weighted by atomic mass is 16.6. The number of ether oxygens (including phenoxy) is 3. The summed E-state index contributed by atoms with van der Waals surface area (Å²) in [7, 11) is 1.60. The fourth-order valence-electron chi connectivity index (χ4n) is 1.87. The Kier molecular flexibility index (Phi) is 2.93. The largest absolute Gasteiger partial charge is 0.496 e. The maximum atomic E-state index is 10.9. The molecule has 1 saturated heterocycles. The Labute approximate surface area is 99.5 Å². The van der Waals surface area contributed by atoms with E-state index >= 15 is 0 Å². The summed E-state index contributed by atoms with van der Waals surface area (Å²) >= 11 is 0. The van der Waals surface area contributed by atoms with Crippen LogP contribution in [0.4, 0.5) is 4.79 Å². The second-order valence-corrected chi connectivity index (χ2v) is 4.09. The molecule has 0 aliphatic carbocycles. The number of amides is 1. The van der Waals surface area contributed by atoms with Gasteiger partial charge in [0.25, 0.3) is 0 Å². The summed E-state index contributed by atoms with van der Waals surface area (Å²) in [6, 6.07) is 5.66. The summed E-state index contributed by atoms with van der Waals surface area (Å²) in [6.45, 7) is 2.59. The molecular weight excluding hydrogens is 222 g/mol. The molecule has 1 aromatic rings. The number of nitrogens with two attached hydrogens (primary N) is 1. The highest BCUT2D eigenvalue weighted by molar-refractivity contribution is 5.65. The minimum atomic E-state index is -0.798. The van der Waals surface area contributed by atoms with Crippen LogP contribution in [0.3, 0.4) is 0 Å². The van der Waals surface area contributed by atoms with Crippen molar-refractivity contribution in [1.82, 2.24) is 0 Å². The van der Waals surface area contributed by atoms with Crippen LogP contribution in [0.5, 0.6) is 5.75 Å². The lowest BCUT2D eigenvalue weighted by molar-refractivity contribution is -0.183. The third-order valence-electron chi connectivity index (χ3n) is 2.90. The van der Waals surface area contributed by atoms with Crippen LogP contribution in [-0.4, -0.2) is 26.4 Å². The van der Waals surface area contributed by atoms with Gasteiger partial charge in [0.15, 0.2) is 5.60 Å². The molecule has 0 radical (unpaired) electrons. The first kappa shape index (κ1) is 11.7. The van der Waals surface area contributed by atoms with Gasteiger partial charge in [-0.3, -0.25) is 0 Å². The summed E-state index contributed by atoms with van der Waals surface area (Å²) in [5.74, 6) is 0.752. The maximum Gasteiger partial charge on any atom is 0.405 e. The predicted molar refractivity (Wildman–Crippen MR) is 60.9 cm³/mol. The third kappa shape index (κ3) is 2.06. The SMILES string of the molecule is COc1cc(C2(OC(N)=O)COC2)ccc1C. The highest BCUT2D eigenvalue weighted by Crippen LogP contribution is 2.36. The molecule has 1 heterocycles. The quantitative estimate of drug-likeness (QED) is 0.860.